The molecule has 1 aromatic carbocycles. The molecule has 0 fully saturated rings. The van der Waals surface area contributed by atoms with Gasteiger partial charge >= 0.3 is 0 Å². The van der Waals surface area contributed by atoms with Crippen LogP contribution in [0.4, 0.5) is 5.69 Å². The highest BCUT2D eigenvalue weighted by molar-refractivity contribution is 5.61. The van der Waals surface area contributed by atoms with Crippen molar-refractivity contribution in [2.45, 2.75) is 0 Å². The highest BCUT2D eigenvalue weighted by Gasteiger charge is 2.05. The first-order valence-corrected chi connectivity index (χ1v) is 4.32. The van der Waals surface area contributed by atoms with E-state index in [0.29, 0.717) is 0 Å². The van der Waals surface area contributed by atoms with E-state index in [9.17, 15) is 0 Å². The Bertz CT molecular complexity index is 434. The standard InChI is InChI=1S/C9H11N5/c1-10-8-5-3-4-7(6-8)9-11-12-13-14(9)2/h3-6,10H,1-2H3. The van der Waals surface area contributed by atoms with Crippen LogP contribution in [0, 0.1) is 0 Å². The smallest absolute Gasteiger partial charge is 0.181 e. The Morgan fingerprint density at radius 2 is 2.21 bits per heavy atom. The van der Waals surface area contributed by atoms with Crippen molar-refractivity contribution in [1.29, 1.82) is 0 Å². The summed E-state index contributed by atoms with van der Waals surface area (Å²) in [6, 6.07) is 7.95. The SMILES string of the molecule is CNc1cccc(-c2nnnn2C)c1. The number of rotatable bonds is 2. The first kappa shape index (κ1) is 8.68. The van der Waals surface area contributed by atoms with Crippen molar-refractivity contribution >= 4 is 5.69 Å². The van der Waals surface area contributed by atoms with Gasteiger partial charge in [0.2, 0.25) is 0 Å². The Balaban J connectivity index is 2.47. The van der Waals surface area contributed by atoms with Gasteiger partial charge in [0.15, 0.2) is 5.82 Å². The van der Waals surface area contributed by atoms with Gasteiger partial charge in [-0.25, -0.2) is 4.68 Å². The molecule has 5 nitrogen and oxygen atoms in total. The maximum Gasteiger partial charge on any atom is 0.181 e. The van der Waals surface area contributed by atoms with E-state index in [4.69, 9.17) is 0 Å². The molecule has 0 saturated carbocycles. The number of aromatic nitrogens is 4. The lowest BCUT2D eigenvalue weighted by atomic mass is 10.2. The molecule has 0 atom stereocenters. The molecule has 0 radical (unpaired) electrons. The largest absolute Gasteiger partial charge is 0.388 e. The van der Waals surface area contributed by atoms with Gasteiger partial charge in [0.1, 0.15) is 0 Å². The van der Waals surface area contributed by atoms with Crippen LogP contribution in [0.15, 0.2) is 24.3 Å². The van der Waals surface area contributed by atoms with E-state index >= 15 is 0 Å². The Kier molecular flexibility index (Phi) is 2.14. The molecule has 14 heavy (non-hydrogen) atoms. The molecule has 0 unspecified atom stereocenters. The monoisotopic (exact) mass is 189 g/mol. The molecule has 0 bridgehead atoms. The predicted octanol–water partition coefficient (Wildman–Crippen LogP) is 0.919. The Morgan fingerprint density at radius 1 is 1.36 bits per heavy atom. The van der Waals surface area contributed by atoms with Crippen molar-refractivity contribution in [2.75, 3.05) is 12.4 Å². The average Bonchev–Trinajstić information content (AvgIpc) is 2.65. The van der Waals surface area contributed by atoms with Gasteiger partial charge in [-0.05, 0) is 22.6 Å². The molecule has 1 heterocycles. The highest BCUT2D eigenvalue weighted by Crippen LogP contribution is 2.18. The van der Waals surface area contributed by atoms with E-state index < -0.39 is 0 Å². The molecule has 2 aromatic rings. The van der Waals surface area contributed by atoms with E-state index in [1.807, 2.05) is 38.4 Å². The molecule has 2 rings (SSSR count). The van der Waals surface area contributed by atoms with Gasteiger partial charge in [0, 0.05) is 25.3 Å². The summed E-state index contributed by atoms with van der Waals surface area (Å²) in [4.78, 5) is 0. The fraction of sp³-hybridized carbons (Fsp3) is 0.222. The van der Waals surface area contributed by atoms with Crippen LogP contribution >= 0.6 is 0 Å². The number of hydrogen-bond acceptors (Lipinski definition) is 4. The minimum Gasteiger partial charge on any atom is -0.388 e. The van der Waals surface area contributed by atoms with Gasteiger partial charge in [-0.1, -0.05) is 12.1 Å². The minimum absolute atomic E-state index is 0.766. The molecular weight excluding hydrogens is 178 g/mol. The summed E-state index contributed by atoms with van der Waals surface area (Å²) in [5.41, 5.74) is 2.05. The molecule has 0 aliphatic carbocycles. The van der Waals surface area contributed by atoms with Crippen molar-refractivity contribution < 1.29 is 0 Å². The fourth-order valence-corrected chi connectivity index (χ4v) is 1.29. The Hall–Kier alpha value is -1.91. The Labute approximate surface area is 81.8 Å². The Morgan fingerprint density at radius 3 is 2.86 bits per heavy atom. The third kappa shape index (κ3) is 1.44. The lowest BCUT2D eigenvalue weighted by molar-refractivity contribution is 0.715. The summed E-state index contributed by atoms with van der Waals surface area (Å²) in [6.45, 7) is 0. The van der Waals surface area contributed by atoms with Crippen molar-refractivity contribution in [1.82, 2.24) is 20.2 Å². The van der Waals surface area contributed by atoms with Crippen LogP contribution in [0.2, 0.25) is 0 Å². The molecular formula is C9H11N5. The van der Waals surface area contributed by atoms with Gasteiger partial charge in [-0.3, -0.25) is 0 Å². The number of nitrogens with zero attached hydrogens (tertiary/aromatic N) is 4. The third-order valence-corrected chi connectivity index (χ3v) is 2.03. The maximum absolute atomic E-state index is 3.94. The second kappa shape index (κ2) is 3.45. The fourth-order valence-electron chi connectivity index (χ4n) is 1.29. The van der Waals surface area contributed by atoms with Crippen LogP contribution in [0.25, 0.3) is 11.4 Å². The van der Waals surface area contributed by atoms with E-state index in [1.54, 1.807) is 4.68 Å². The van der Waals surface area contributed by atoms with Crippen molar-refractivity contribution in [3.8, 4) is 11.4 Å². The number of anilines is 1. The van der Waals surface area contributed by atoms with Crippen LogP contribution in [-0.4, -0.2) is 27.3 Å². The lowest BCUT2D eigenvalue weighted by Crippen LogP contribution is -1.95. The first-order valence-electron chi connectivity index (χ1n) is 4.32. The van der Waals surface area contributed by atoms with Crippen LogP contribution < -0.4 is 5.32 Å². The molecule has 1 N–H and O–H groups in total. The second-order valence-electron chi connectivity index (χ2n) is 2.96. The predicted molar refractivity (Wildman–Crippen MR) is 53.8 cm³/mol. The molecule has 0 aliphatic rings. The quantitative estimate of drug-likeness (QED) is 0.763. The highest BCUT2D eigenvalue weighted by atomic mass is 15.5. The van der Waals surface area contributed by atoms with Crippen molar-refractivity contribution in [2.24, 2.45) is 7.05 Å². The maximum atomic E-state index is 3.94. The zero-order valence-corrected chi connectivity index (χ0v) is 8.10. The van der Waals surface area contributed by atoms with Crippen LogP contribution in [0.3, 0.4) is 0 Å². The zero-order valence-electron chi connectivity index (χ0n) is 8.10. The lowest BCUT2D eigenvalue weighted by Gasteiger charge is -2.02. The average molecular weight is 189 g/mol. The normalized spacial score (nSPS) is 10.1. The molecule has 0 aliphatic heterocycles. The molecule has 0 saturated heterocycles. The first-order chi connectivity index (χ1) is 6.81. The molecule has 72 valence electrons. The molecule has 0 spiro atoms. The third-order valence-electron chi connectivity index (χ3n) is 2.03. The number of tetrazole rings is 1. The summed E-state index contributed by atoms with van der Waals surface area (Å²) in [6.07, 6.45) is 0. The summed E-state index contributed by atoms with van der Waals surface area (Å²) < 4.78 is 1.65. The van der Waals surface area contributed by atoms with Crippen LogP contribution in [0.1, 0.15) is 0 Å². The molecule has 1 aromatic heterocycles. The number of hydrogen-bond donors (Lipinski definition) is 1. The van der Waals surface area contributed by atoms with E-state index in [0.717, 1.165) is 17.1 Å². The van der Waals surface area contributed by atoms with Gasteiger partial charge in [0.05, 0.1) is 0 Å². The minimum atomic E-state index is 0.766. The number of benzene rings is 1. The number of aryl methyl sites for hydroxylation is 1. The van der Waals surface area contributed by atoms with Gasteiger partial charge in [0.25, 0.3) is 0 Å². The van der Waals surface area contributed by atoms with E-state index in [1.165, 1.54) is 0 Å². The van der Waals surface area contributed by atoms with E-state index in [2.05, 4.69) is 20.8 Å². The van der Waals surface area contributed by atoms with Crippen molar-refractivity contribution in [3.05, 3.63) is 24.3 Å². The van der Waals surface area contributed by atoms with E-state index in [-0.39, 0.29) is 0 Å². The van der Waals surface area contributed by atoms with Gasteiger partial charge in [-0.2, -0.15) is 0 Å². The van der Waals surface area contributed by atoms with Crippen LogP contribution in [0.5, 0.6) is 0 Å². The number of nitrogens with one attached hydrogen (secondary N) is 1. The van der Waals surface area contributed by atoms with Gasteiger partial charge in [-0.15, -0.1) is 5.10 Å². The summed E-state index contributed by atoms with van der Waals surface area (Å²) in [5, 5.41) is 14.4. The topological polar surface area (TPSA) is 55.6 Å². The van der Waals surface area contributed by atoms with Crippen molar-refractivity contribution in [3.63, 3.8) is 0 Å². The zero-order chi connectivity index (χ0) is 9.97. The summed E-state index contributed by atoms with van der Waals surface area (Å²) in [5.74, 6) is 0.766. The molecule has 0 amide bonds. The van der Waals surface area contributed by atoms with Crippen LogP contribution in [-0.2, 0) is 7.05 Å². The molecule has 5 heteroatoms. The summed E-state index contributed by atoms with van der Waals surface area (Å²) in [7, 11) is 3.70. The summed E-state index contributed by atoms with van der Waals surface area (Å²) >= 11 is 0. The van der Waals surface area contributed by atoms with Gasteiger partial charge < -0.3 is 5.32 Å². The second-order valence-corrected chi connectivity index (χ2v) is 2.96.